The van der Waals surface area contributed by atoms with Crippen molar-refractivity contribution < 1.29 is 0 Å². The molecule has 0 aliphatic heterocycles. The first-order valence-electron chi connectivity index (χ1n) is 7.49. The van der Waals surface area contributed by atoms with Gasteiger partial charge in [0, 0.05) is 6.20 Å². The standard InChI is InChI=1S/C18H24N2/c1-4-7-15-8-6-9-16(13-15)18(19-5-2)17-12-14(3)10-11-20-17/h6,8-13,18-19H,4-5,7H2,1-3H3. The second-order valence-corrected chi connectivity index (χ2v) is 5.24. The van der Waals surface area contributed by atoms with Gasteiger partial charge >= 0.3 is 0 Å². The fourth-order valence-electron chi connectivity index (χ4n) is 2.53. The van der Waals surface area contributed by atoms with Crippen LogP contribution in [0.3, 0.4) is 0 Å². The molecular weight excluding hydrogens is 244 g/mol. The molecule has 1 heterocycles. The number of pyridine rings is 1. The molecule has 2 rings (SSSR count). The molecule has 0 bridgehead atoms. The molecule has 0 aliphatic carbocycles. The lowest BCUT2D eigenvalue weighted by Gasteiger charge is -2.19. The molecular formula is C18H24N2. The minimum atomic E-state index is 0.178. The monoisotopic (exact) mass is 268 g/mol. The number of aryl methyl sites for hydroxylation is 2. The third-order valence-electron chi connectivity index (χ3n) is 3.46. The van der Waals surface area contributed by atoms with Gasteiger partial charge in [-0.25, -0.2) is 0 Å². The van der Waals surface area contributed by atoms with Crippen LogP contribution in [0.4, 0.5) is 0 Å². The fraction of sp³-hybridized carbons (Fsp3) is 0.389. The zero-order valence-electron chi connectivity index (χ0n) is 12.7. The predicted octanol–water partition coefficient (Wildman–Crippen LogP) is 4.04. The van der Waals surface area contributed by atoms with Gasteiger partial charge in [0.25, 0.3) is 0 Å². The van der Waals surface area contributed by atoms with Gasteiger partial charge in [-0.15, -0.1) is 0 Å². The van der Waals surface area contributed by atoms with E-state index in [4.69, 9.17) is 0 Å². The van der Waals surface area contributed by atoms with E-state index in [-0.39, 0.29) is 6.04 Å². The Morgan fingerprint density at radius 1 is 1.15 bits per heavy atom. The largest absolute Gasteiger partial charge is 0.305 e. The van der Waals surface area contributed by atoms with E-state index < -0.39 is 0 Å². The van der Waals surface area contributed by atoms with Crippen LogP contribution in [0, 0.1) is 6.92 Å². The van der Waals surface area contributed by atoms with Crippen LogP contribution in [0.1, 0.15) is 48.7 Å². The molecule has 0 saturated heterocycles. The number of nitrogens with one attached hydrogen (secondary N) is 1. The first-order chi connectivity index (χ1) is 9.74. The number of hydrogen-bond acceptors (Lipinski definition) is 2. The third kappa shape index (κ3) is 3.67. The van der Waals surface area contributed by atoms with Gasteiger partial charge in [-0.2, -0.15) is 0 Å². The molecule has 1 aromatic carbocycles. The van der Waals surface area contributed by atoms with E-state index in [1.165, 1.54) is 23.1 Å². The van der Waals surface area contributed by atoms with Crippen molar-refractivity contribution in [3.05, 3.63) is 65.0 Å². The Kier molecular flexibility index (Phi) is 5.31. The van der Waals surface area contributed by atoms with Crippen LogP contribution in [0.2, 0.25) is 0 Å². The van der Waals surface area contributed by atoms with Gasteiger partial charge in [-0.05, 0) is 48.7 Å². The minimum Gasteiger partial charge on any atom is -0.305 e. The molecule has 106 valence electrons. The van der Waals surface area contributed by atoms with E-state index in [9.17, 15) is 0 Å². The Labute approximate surface area is 122 Å². The topological polar surface area (TPSA) is 24.9 Å². The lowest BCUT2D eigenvalue weighted by molar-refractivity contribution is 0.614. The molecule has 1 unspecified atom stereocenters. The summed E-state index contributed by atoms with van der Waals surface area (Å²) in [6.07, 6.45) is 4.21. The average Bonchev–Trinajstić information content (AvgIpc) is 2.45. The van der Waals surface area contributed by atoms with Gasteiger partial charge in [-0.1, -0.05) is 44.5 Å². The number of benzene rings is 1. The van der Waals surface area contributed by atoms with Crippen molar-refractivity contribution in [1.29, 1.82) is 0 Å². The molecule has 0 fully saturated rings. The summed E-state index contributed by atoms with van der Waals surface area (Å²) in [4.78, 5) is 4.55. The van der Waals surface area contributed by atoms with Crippen LogP contribution in [0.5, 0.6) is 0 Å². The molecule has 0 amide bonds. The summed E-state index contributed by atoms with van der Waals surface area (Å²) in [5.74, 6) is 0. The summed E-state index contributed by atoms with van der Waals surface area (Å²) in [5, 5.41) is 3.55. The summed E-state index contributed by atoms with van der Waals surface area (Å²) in [6, 6.07) is 13.2. The molecule has 0 saturated carbocycles. The van der Waals surface area contributed by atoms with Crippen LogP contribution in [0.15, 0.2) is 42.6 Å². The van der Waals surface area contributed by atoms with E-state index >= 15 is 0 Å². The summed E-state index contributed by atoms with van der Waals surface area (Å²) < 4.78 is 0. The van der Waals surface area contributed by atoms with Crippen molar-refractivity contribution in [1.82, 2.24) is 10.3 Å². The Hall–Kier alpha value is -1.67. The molecule has 1 aromatic heterocycles. The first kappa shape index (κ1) is 14.7. The normalized spacial score (nSPS) is 12.3. The van der Waals surface area contributed by atoms with Crippen LogP contribution >= 0.6 is 0 Å². The van der Waals surface area contributed by atoms with Crippen LogP contribution in [-0.4, -0.2) is 11.5 Å². The number of nitrogens with zero attached hydrogens (tertiary/aromatic N) is 1. The zero-order chi connectivity index (χ0) is 14.4. The number of rotatable bonds is 6. The van der Waals surface area contributed by atoms with Gasteiger partial charge in [-0.3, -0.25) is 4.98 Å². The maximum atomic E-state index is 4.55. The van der Waals surface area contributed by atoms with Gasteiger partial charge in [0.1, 0.15) is 0 Å². The Balaban J connectivity index is 2.35. The van der Waals surface area contributed by atoms with Gasteiger partial charge in [0.05, 0.1) is 11.7 Å². The summed E-state index contributed by atoms with van der Waals surface area (Å²) in [5.41, 5.74) is 5.06. The van der Waals surface area contributed by atoms with E-state index in [1.54, 1.807) is 0 Å². The Morgan fingerprint density at radius 2 is 2.00 bits per heavy atom. The maximum absolute atomic E-state index is 4.55. The average molecular weight is 268 g/mol. The van der Waals surface area contributed by atoms with E-state index in [0.717, 1.165) is 18.7 Å². The summed E-state index contributed by atoms with van der Waals surface area (Å²) in [6.45, 7) is 7.40. The quantitative estimate of drug-likeness (QED) is 0.855. The van der Waals surface area contributed by atoms with E-state index in [0.29, 0.717) is 0 Å². The van der Waals surface area contributed by atoms with Crippen molar-refractivity contribution in [3.8, 4) is 0 Å². The minimum absolute atomic E-state index is 0.178. The molecule has 1 N–H and O–H groups in total. The number of aromatic nitrogens is 1. The molecule has 0 radical (unpaired) electrons. The van der Waals surface area contributed by atoms with Crippen molar-refractivity contribution in [3.63, 3.8) is 0 Å². The van der Waals surface area contributed by atoms with Gasteiger partial charge in [0.15, 0.2) is 0 Å². The predicted molar refractivity (Wildman–Crippen MR) is 84.9 cm³/mol. The molecule has 0 spiro atoms. The lowest BCUT2D eigenvalue weighted by Crippen LogP contribution is -2.23. The molecule has 2 heteroatoms. The second-order valence-electron chi connectivity index (χ2n) is 5.24. The van der Waals surface area contributed by atoms with Crippen LogP contribution < -0.4 is 5.32 Å². The smallest absolute Gasteiger partial charge is 0.0751 e. The SMILES string of the molecule is CCCc1cccc(C(NCC)c2cc(C)ccn2)c1. The summed E-state index contributed by atoms with van der Waals surface area (Å²) in [7, 11) is 0. The van der Waals surface area contributed by atoms with Gasteiger partial charge in [0.2, 0.25) is 0 Å². The zero-order valence-corrected chi connectivity index (χ0v) is 12.7. The van der Waals surface area contributed by atoms with E-state index in [2.05, 4.69) is 61.4 Å². The highest BCUT2D eigenvalue weighted by atomic mass is 14.9. The number of hydrogen-bond donors (Lipinski definition) is 1. The summed E-state index contributed by atoms with van der Waals surface area (Å²) >= 11 is 0. The molecule has 2 aromatic rings. The van der Waals surface area contributed by atoms with E-state index in [1.807, 2.05) is 12.3 Å². The van der Waals surface area contributed by atoms with Crippen molar-refractivity contribution in [2.75, 3.05) is 6.54 Å². The van der Waals surface area contributed by atoms with Gasteiger partial charge < -0.3 is 5.32 Å². The Bertz CT molecular complexity index is 549. The molecule has 2 nitrogen and oxygen atoms in total. The highest BCUT2D eigenvalue weighted by molar-refractivity contribution is 5.32. The van der Waals surface area contributed by atoms with Crippen molar-refractivity contribution in [2.45, 2.75) is 39.7 Å². The maximum Gasteiger partial charge on any atom is 0.0751 e. The fourth-order valence-corrected chi connectivity index (χ4v) is 2.53. The van der Waals surface area contributed by atoms with Crippen LogP contribution in [-0.2, 0) is 6.42 Å². The molecule has 20 heavy (non-hydrogen) atoms. The van der Waals surface area contributed by atoms with Crippen LogP contribution in [0.25, 0.3) is 0 Å². The van der Waals surface area contributed by atoms with Crippen molar-refractivity contribution in [2.24, 2.45) is 0 Å². The highest BCUT2D eigenvalue weighted by Crippen LogP contribution is 2.22. The third-order valence-corrected chi connectivity index (χ3v) is 3.46. The first-order valence-corrected chi connectivity index (χ1v) is 7.49. The Morgan fingerprint density at radius 3 is 2.70 bits per heavy atom. The lowest BCUT2D eigenvalue weighted by atomic mass is 9.98. The molecule has 0 aliphatic rings. The molecule has 1 atom stereocenters. The second kappa shape index (κ2) is 7.20. The highest BCUT2D eigenvalue weighted by Gasteiger charge is 2.14. The van der Waals surface area contributed by atoms with Crippen molar-refractivity contribution >= 4 is 0 Å².